The summed E-state index contributed by atoms with van der Waals surface area (Å²) in [6, 6.07) is 11.0. The van der Waals surface area contributed by atoms with Crippen molar-refractivity contribution in [1.82, 2.24) is 14.7 Å². The number of amides is 3. The first kappa shape index (κ1) is 27.6. The van der Waals surface area contributed by atoms with E-state index in [1.807, 2.05) is 32.9 Å². The van der Waals surface area contributed by atoms with Crippen LogP contribution in [0.2, 0.25) is 0 Å². The number of methoxy groups -OCH3 is 2. The second-order valence-corrected chi connectivity index (χ2v) is 9.29. The molecular weight excluding hydrogens is 484 g/mol. The van der Waals surface area contributed by atoms with Crippen LogP contribution in [0.1, 0.15) is 26.5 Å². The molecule has 3 amide bonds. The number of carbonyl (C=O) groups excluding carboxylic acids is 2. The van der Waals surface area contributed by atoms with Gasteiger partial charge in [0, 0.05) is 31.2 Å². The number of anilines is 2. The highest BCUT2D eigenvalue weighted by Crippen LogP contribution is 2.27. The summed E-state index contributed by atoms with van der Waals surface area (Å²) in [6.45, 7) is 5.87. The fraction of sp³-hybridized carbons (Fsp3) is 0.346. The van der Waals surface area contributed by atoms with E-state index in [0.29, 0.717) is 23.3 Å². The Balaban J connectivity index is 1.81. The number of ether oxygens (including phenoxy) is 2. The summed E-state index contributed by atoms with van der Waals surface area (Å²) in [6.07, 6.45) is 0. The SMILES string of the molecule is COCCN(CC(=O)Nc1cc(C(C)(C)C)nn1-c1ccc(OC)cc1)C(=O)Nc1ccc(F)cc1F. The molecule has 198 valence electrons. The molecule has 2 N–H and O–H groups in total. The summed E-state index contributed by atoms with van der Waals surface area (Å²) in [4.78, 5) is 27.0. The molecule has 0 aliphatic rings. The Hall–Kier alpha value is -3.99. The summed E-state index contributed by atoms with van der Waals surface area (Å²) in [5, 5.41) is 9.86. The van der Waals surface area contributed by atoms with Crippen LogP contribution in [0.4, 0.5) is 25.1 Å². The molecule has 2 aromatic carbocycles. The van der Waals surface area contributed by atoms with Gasteiger partial charge in [0.2, 0.25) is 5.91 Å². The number of nitrogens with zero attached hydrogens (tertiary/aromatic N) is 3. The molecule has 0 aliphatic carbocycles. The first-order valence-corrected chi connectivity index (χ1v) is 11.6. The Bertz CT molecular complexity index is 1240. The van der Waals surface area contributed by atoms with Crippen molar-refractivity contribution in [2.24, 2.45) is 0 Å². The van der Waals surface area contributed by atoms with Gasteiger partial charge in [-0.3, -0.25) is 4.79 Å². The summed E-state index contributed by atoms with van der Waals surface area (Å²) in [5.74, 6) is -1.11. The lowest BCUT2D eigenvalue weighted by Gasteiger charge is -2.22. The molecular formula is C26H31F2N5O4. The van der Waals surface area contributed by atoms with Gasteiger partial charge in [-0.25, -0.2) is 18.3 Å². The molecule has 11 heteroatoms. The fourth-order valence-electron chi connectivity index (χ4n) is 3.35. The average Bonchev–Trinajstić information content (AvgIpc) is 3.27. The average molecular weight is 516 g/mol. The van der Waals surface area contributed by atoms with Gasteiger partial charge in [0.05, 0.1) is 30.8 Å². The number of hydrogen-bond donors (Lipinski definition) is 2. The molecule has 0 saturated carbocycles. The normalized spacial score (nSPS) is 11.2. The van der Waals surface area contributed by atoms with Gasteiger partial charge < -0.3 is 25.0 Å². The largest absolute Gasteiger partial charge is 0.497 e. The minimum atomic E-state index is -0.928. The number of benzene rings is 2. The van der Waals surface area contributed by atoms with E-state index in [-0.39, 0.29) is 30.8 Å². The molecule has 0 aliphatic heterocycles. The van der Waals surface area contributed by atoms with Gasteiger partial charge in [0.1, 0.15) is 29.7 Å². The lowest BCUT2D eigenvalue weighted by Crippen LogP contribution is -2.42. The van der Waals surface area contributed by atoms with Crippen molar-refractivity contribution in [1.29, 1.82) is 0 Å². The monoisotopic (exact) mass is 515 g/mol. The first-order valence-electron chi connectivity index (χ1n) is 11.6. The number of aromatic nitrogens is 2. The molecule has 37 heavy (non-hydrogen) atoms. The van der Waals surface area contributed by atoms with Gasteiger partial charge in [-0.05, 0) is 36.4 Å². The molecule has 3 aromatic rings. The Morgan fingerprint density at radius 1 is 1.03 bits per heavy atom. The third-order valence-electron chi connectivity index (χ3n) is 5.42. The second-order valence-electron chi connectivity index (χ2n) is 9.29. The van der Waals surface area contributed by atoms with Crippen LogP contribution >= 0.6 is 0 Å². The standard InChI is InChI=1S/C26H31F2N5O4/c1-26(2,3)22-15-23(33(31-22)18-7-9-19(37-5)10-8-18)30-24(34)16-32(12-13-36-4)25(35)29-21-11-6-17(27)14-20(21)28/h6-11,14-15H,12-13,16H2,1-5H3,(H,29,35)(H,30,34). The molecule has 0 bridgehead atoms. The molecule has 0 fully saturated rings. The van der Waals surface area contributed by atoms with E-state index in [1.165, 1.54) is 12.0 Å². The summed E-state index contributed by atoms with van der Waals surface area (Å²) in [5.41, 5.74) is 0.953. The highest BCUT2D eigenvalue weighted by molar-refractivity contribution is 5.96. The van der Waals surface area contributed by atoms with E-state index < -0.39 is 23.6 Å². The number of rotatable bonds is 9. The Morgan fingerprint density at radius 2 is 1.73 bits per heavy atom. The zero-order valence-corrected chi connectivity index (χ0v) is 21.5. The molecule has 0 saturated heterocycles. The minimum absolute atomic E-state index is 0.0591. The quantitative estimate of drug-likeness (QED) is 0.435. The van der Waals surface area contributed by atoms with Crippen molar-refractivity contribution < 1.29 is 27.8 Å². The summed E-state index contributed by atoms with van der Waals surface area (Å²) < 4.78 is 39.1. The van der Waals surface area contributed by atoms with E-state index in [9.17, 15) is 18.4 Å². The van der Waals surface area contributed by atoms with Crippen molar-refractivity contribution in [3.05, 3.63) is 65.9 Å². The number of carbonyl (C=O) groups is 2. The molecule has 0 spiro atoms. The Morgan fingerprint density at radius 3 is 2.32 bits per heavy atom. The lowest BCUT2D eigenvalue weighted by molar-refractivity contribution is -0.116. The molecule has 1 aromatic heterocycles. The maximum Gasteiger partial charge on any atom is 0.322 e. The first-order chi connectivity index (χ1) is 17.5. The van der Waals surface area contributed by atoms with Gasteiger partial charge in [-0.15, -0.1) is 0 Å². The van der Waals surface area contributed by atoms with Crippen molar-refractivity contribution in [3.63, 3.8) is 0 Å². The van der Waals surface area contributed by atoms with Crippen LogP contribution in [-0.2, 0) is 14.9 Å². The molecule has 0 atom stereocenters. The van der Waals surface area contributed by atoms with Crippen molar-refractivity contribution in [3.8, 4) is 11.4 Å². The summed E-state index contributed by atoms with van der Waals surface area (Å²) >= 11 is 0. The van der Waals surface area contributed by atoms with Crippen LogP contribution in [-0.4, -0.2) is 60.5 Å². The van der Waals surface area contributed by atoms with E-state index in [0.717, 1.165) is 17.8 Å². The number of urea groups is 1. The number of hydrogen-bond acceptors (Lipinski definition) is 5. The smallest absolute Gasteiger partial charge is 0.322 e. The van der Waals surface area contributed by atoms with Crippen LogP contribution in [0.3, 0.4) is 0 Å². The maximum absolute atomic E-state index is 14.0. The van der Waals surface area contributed by atoms with Gasteiger partial charge in [0.25, 0.3) is 0 Å². The summed E-state index contributed by atoms with van der Waals surface area (Å²) in [7, 11) is 3.03. The molecule has 9 nitrogen and oxygen atoms in total. The molecule has 0 radical (unpaired) electrons. The van der Waals surface area contributed by atoms with Gasteiger partial charge in [-0.2, -0.15) is 5.10 Å². The predicted octanol–water partition coefficient (Wildman–Crippen LogP) is 4.58. The maximum atomic E-state index is 14.0. The van der Waals surface area contributed by atoms with Crippen molar-refractivity contribution in [2.45, 2.75) is 26.2 Å². The Kier molecular flexibility index (Phi) is 8.82. The molecule has 3 rings (SSSR count). The van der Waals surface area contributed by atoms with Crippen LogP contribution < -0.4 is 15.4 Å². The van der Waals surface area contributed by atoms with E-state index in [1.54, 1.807) is 30.0 Å². The zero-order valence-electron chi connectivity index (χ0n) is 21.5. The van der Waals surface area contributed by atoms with E-state index in [2.05, 4.69) is 15.7 Å². The minimum Gasteiger partial charge on any atom is -0.497 e. The van der Waals surface area contributed by atoms with Crippen molar-refractivity contribution in [2.75, 3.05) is 44.5 Å². The predicted molar refractivity (Wildman–Crippen MR) is 136 cm³/mol. The molecule has 0 unspecified atom stereocenters. The van der Waals surface area contributed by atoms with Crippen LogP contribution in [0.5, 0.6) is 5.75 Å². The van der Waals surface area contributed by atoms with Crippen LogP contribution in [0.25, 0.3) is 5.69 Å². The third kappa shape index (κ3) is 7.26. The Labute approximate surface area is 214 Å². The highest BCUT2D eigenvalue weighted by Gasteiger charge is 2.23. The number of nitrogens with one attached hydrogen (secondary N) is 2. The fourth-order valence-corrected chi connectivity index (χ4v) is 3.35. The molecule has 1 heterocycles. The van der Waals surface area contributed by atoms with E-state index >= 15 is 0 Å². The van der Waals surface area contributed by atoms with Gasteiger partial charge in [0.15, 0.2) is 0 Å². The highest BCUT2D eigenvalue weighted by atomic mass is 19.1. The second kappa shape index (κ2) is 11.8. The van der Waals surface area contributed by atoms with Gasteiger partial charge >= 0.3 is 6.03 Å². The van der Waals surface area contributed by atoms with Gasteiger partial charge in [-0.1, -0.05) is 20.8 Å². The third-order valence-corrected chi connectivity index (χ3v) is 5.42. The van der Waals surface area contributed by atoms with Crippen LogP contribution in [0.15, 0.2) is 48.5 Å². The zero-order chi connectivity index (χ0) is 27.2. The lowest BCUT2D eigenvalue weighted by atomic mass is 9.92. The number of halogens is 2. The topological polar surface area (TPSA) is 97.7 Å². The van der Waals surface area contributed by atoms with Crippen LogP contribution in [0, 0.1) is 11.6 Å². The van der Waals surface area contributed by atoms with Crippen molar-refractivity contribution >= 4 is 23.4 Å². The van der Waals surface area contributed by atoms with E-state index in [4.69, 9.17) is 9.47 Å².